The molecule has 0 aromatic carbocycles. The maximum Gasteiger partial charge on any atom is 0.217 e. The molecular weight excluding hydrogens is 156 g/mol. The van der Waals surface area contributed by atoms with E-state index in [1.807, 2.05) is 0 Å². The van der Waals surface area contributed by atoms with Gasteiger partial charge in [-0.15, -0.1) is 0 Å². The van der Waals surface area contributed by atoms with E-state index in [1.54, 1.807) is 6.92 Å². The van der Waals surface area contributed by atoms with Gasteiger partial charge in [-0.05, 0) is 25.7 Å². The first kappa shape index (κ1) is 9.48. The van der Waals surface area contributed by atoms with E-state index in [4.69, 9.17) is 10.7 Å². The predicted octanol–water partition coefficient (Wildman–Crippen LogP) is 0.324. The molecule has 12 heavy (non-hydrogen) atoms. The standard InChI is InChI=1S/C8H16N2O2/c1-6(11)10-7-2-4-8(12-9)5-3-7/h7-8H,2-5,9H2,1H3,(H,10,11)/t7-,8-. The molecule has 0 aromatic rings. The average molecular weight is 172 g/mol. The van der Waals surface area contributed by atoms with E-state index in [2.05, 4.69) is 5.32 Å². The molecule has 0 spiro atoms. The van der Waals surface area contributed by atoms with E-state index < -0.39 is 0 Å². The summed E-state index contributed by atoms with van der Waals surface area (Å²) in [6, 6.07) is 0.328. The number of hydrogen-bond acceptors (Lipinski definition) is 3. The number of rotatable bonds is 2. The molecule has 0 atom stereocenters. The van der Waals surface area contributed by atoms with Crippen LogP contribution in [0.5, 0.6) is 0 Å². The van der Waals surface area contributed by atoms with Crippen LogP contribution in [0.1, 0.15) is 32.6 Å². The molecule has 1 amide bonds. The Balaban J connectivity index is 2.21. The molecule has 0 heterocycles. The molecule has 1 aliphatic carbocycles. The van der Waals surface area contributed by atoms with E-state index >= 15 is 0 Å². The lowest BCUT2D eigenvalue weighted by Gasteiger charge is -2.27. The van der Waals surface area contributed by atoms with Gasteiger partial charge in [0.25, 0.3) is 0 Å². The molecule has 1 aliphatic rings. The van der Waals surface area contributed by atoms with E-state index in [0.29, 0.717) is 6.04 Å². The monoisotopic (exact) mass is 172 g/mol. The normalized spacial score (nSPS) is 29.8. The second-order valence-electron chi connectivity index (χ2n) is 3.31. The molecule has 1 rings (SSSR count). The van der Waals surface area contributed by atoms with Gasteiger partial charge in [0.15, 0.2) is 0 Å². The Morgan fingerprint density at radius 3 is 2.42 bits per heavy atom. The molecule has 0 unspecified atom stereocenters. The molecule has 1 fully saturated rings. The van der Waals surface area contributed by atoms with Gasteiger partial charge in [0.1, 0.15) is 0 Å². The molecule has 0 aromatic heterocycles. The number of hydrogen-bond donors (Lipinski definition) is 2. The Hall–Kier alpha value is -0.610. The van der Waals surface area contributed by atoms with Crippen molar-refractivity contribution >= 4 is 5.91 Å². The lowest BCUT2D eigenvalue weighted by molar-refractivity contribution is -0.120. The van der Waals surface area contributed by atoms with Crippen LogP contribution in [0.3, 0.4) is 0 Å². The minimum absolute atomic E-state index is 0.0483. The summed E-state index contributed by atoms with van der Waals surface area (Å²) in [5, 5.41) is 2.89. The van der Waals surface area contributed by atoms with E-state index in [-0.39, 0.29) is 12.0 Å². The average Bonchev–Trinajstić information content (AvgIpc) is 2.05. The summed E-state index contributed by atoms with van der Waals surface area (Å²) in [7, 11) is 0. The fourth-order valence-corrected chi connectivity index (χ4v) is 1.63. The third kappa shape index (κ3) is 2.79. The minimum atomic E-state index is 0.0483. The number of nitrogens with two attached hydrogens (primary N) is 1. The van der Waals surface area contributed by atoms with Crippen LogP contribution in [0.25, 0.3) is 0 Å². The van der Waals surface area contributed by atoms with E-state index in [9.17, 15) is 4.79 Å². The first-order chi connectivity index (χ1) is 5.72. The third-order valence-electron chi connectivity index (χ3n) is 2.27. The van der Waals surface area contributed by atoms with Gasteiger partial charge in [-0.3, -0.25) is 4.79 Å². The van der Waals surface area contributed by atoms with Crippen LogP contribution in [-0.4, -0.2) is 18.1 Å². The zero-order valence-electron chi connectivity index (χ0n) is 7.38. The summed E-state index contributed by atoms with van der Waals surface area (Å²) < 4.78 is 0. The molecule has 4 nitrogen and oxygen atoms in total. The molecule has 3 N–H and O–H groups in total. The van der Waals surface area contributed by atoms with Gasteiger partial charge in [-0.1, -0.05) is 0 Å². The molecular formula is C8H16N2O2. The first-order valence-corrected chi connectivity index (χ1v) is 4.35. The summed E-state index contributed by atoms with van der Waals surface area (Å²) in [5.41, 5.74) is 0. The highest BCUT2D eigenvalue weighted by molar-refractivity contribution is 5.73. The molecule has 0 radical (unpaired) electrons. The molecule has 70 valence electrons. The van der Waals surface area contributed by atoms with Gasteiger partial charge in [-0.2, -0.15) is 0 Å². The van der Waals surface area contributed by atoms with Gasteiger partial charge < -0.3 is 10.2 Å². The highest BCUT2D eigenvalue weighted by atomic mass is 16.6. The summed E-state index contributed by atoms with van der Waals surface area (Å²) in [6.45, 7) is 1.55. The smallest absolute Gasteiger partial charge is 0.217 e. The SMILES string of the molecule is CC(=O)N[C@H]1CC[C@H](ON)CC1. The van der Waals surface area contributed by atoms with Crippen LogP contribution in [0.4, 0.5) is 0 Å². The number of amides is 1. The van der Waals surface area contributed by atoms with Crippen molar-refractivity contribution in [2.75, 3.05) is 0 Å². The summed E-state index contributed by atoms with van der Waals surface area (Å²) in [4.78, 5) is 15.4. The highest BCUT2D eigenvalue weighted by Crippen LogP contribution is 2.19. The second kappa shape index (κ2) is 4.42. The van der Waals surface area contributed by atoms with Crippen molar-refractivity contribution in [1.82, 2.24) is 5.32 Å². The van der Waals surface area contributed by atoms with Gasteiger partial charge in [0.2, 0.25) is 5.91 Å². The van der Waals surface area contributed by atoms with E-state index in [0.717, 1.165) is 25.7 Å². The highest BCUT2D eigenvalue weighted by Gasteiger charge is 2.21. The Morgan fingerprint density at radius 1 is 1.42 bits per heavy atom. The number of nitrogens with one attached hydrogen (secondary N) is 1. The van der Waals surface area contributed by atoms with Crippen molar-refractivity contribution in [3.63, 3.8) is 0 Å². The molecule has 1 saturated carbocycles. The third-order valence-corrected chi connectivity index (χ3v) is 2.27. The van der Waals surface area contributed by atoms with Crippen molar-refractivity contribution in [3.05, 3.63) is 0 Å². The van der Waals surface area contributed by atoms with Crippen LogP contribution in [0.2, 0.25) is 0 Å². The van der Waals surface area contributed by atoms with E-state index in [1.165, 1.54) is 0 Å². The topological polar surface area (TPSA) is 64.3 Å². The van der Waals surface area contributed by atoms with Crippen molar-refractivity contribution in [2.24, 2.45) is 5.90 Å². The molecule has 0 bridgehead atoms. The predicted molar refractivity (Wildman–Crippen MR) is 45.1 cm³/mol. The molecule has 0 aliphatic heterocycles. The number of carbonyl (C=O) groups is 1. The minimum Gasteiger partial charge on any atom is -0.354 e. The molecule has 0 saturated heterocycles. The zero-order chi connectivity index (χ0) is 8.97. The van der Waals surface area contributed by atoms with Gasteiger partial charge in [0.05, 0.1) is 6.10 Å². The van der Waals surface area contributed by atoms with Gasteiger partial charge >= 0.3 is 0 Å². The first-order valence-electron chi connectivity index (χ1n) is 4.35. The van der Waals surface area contributed by atoms with Crippen LogP contribution < -0.4 is 11.2 Å². The Labute approximate surface area is 72.4 Å². The second-order valence-corrected chi connectivity index (χ2v) is 3.31. The maximum atomic E-state index is 10.7. The van der Waals surface area contributed by atoms with Crippen molar-refractivity contribution in [2.45, 2.75) is 44.8 Å². The lowest BCUT2D eigenvalue weighted by atomic mass is 9.93. The maximum absolute atomic E-state index is 10.7. The number of carbonyl (C=O) groups excluding carboxylic acids is 1. The summed E-state index contributed by atoms with van der Waals surface area (Å²) >= 11 is 0. The van der Waals surface area contributed by atoms with Crippen molar-refractivity contribution in [3.8, 4) is 0 Å². The van der Waals surface area contributed by atoms with Crippen molar-refractivity contribution < 1.29 is 9.63 Å². The van der Waals surface area contributed by atoms with Gasteiger partial charge in [-0.25, -0.2) is 5.90 Å². The van der Waals surface area contributed by atoms with Crippen LogP contribution in [0, 0.1) is 0 Å². The fourth-order valence-electron chi connectivity index (χ4n) is 1.63. The lowest BCUT2D eigenvalue weighted by Crippen LogP contribution is -2.38. The van der Waals surface area contributed by atoms with Crippen LogP contribution in [-0.2, 0) is 9.63 Å². The Kier molecular flexibility index (Phi) is 3.49. The largest absolute Gasteiger partial charge is 0.354 e. The quantitative estimate of drug-likeness (QED) is 0.590. The van der Waals surface area contributed by atoms with Crippen LogP contribution >= 0.6 is 0 Å². The van der Waals surface area contributed by atoms with Gasteiger partial charge in [0, 0.05) is 13.0 Å². The Bertz CT molecular complexity index is 153. The summed E-state index contributed by atoms with van der Waals surface area (Å²) in [6.07, 6.45) is 4.03. The molecule has 4 heteroatoms. The fraction of sp³-hybridized carbons (Fsp3) is 0.875. The summed E-state index contributed by atoms with van der Waals surface area (Å²) in [5.74, 6) is 5.11. The van der Waals surface area contributed by atoms with Crippen LogP contribution in [0.15, 0.2) is 0 Å². The Morgan fingerprint density at radius 2 is 2.00 bits per heavy atom. The zero-order valence-corrected chi connectivity index (χ0v) is 7.38. The van der Waals surface area contributed by atoms with Crippen molar-refractivity contribution in [1.29, 1.82) is 0 Å².